The third kappa shape index (κ3) is 2.31. The fourth-order valence-corrected chi connectivity index (χ4v) is 1.61. The first kappa shape index (κ1) is 7.47. The second-order valence-electron chi connectivity index (χ2n) is 1.96. The Morgan fingerprint density at radius 3 is 3.10 bits per heavy atom. The van der Waals surface area contributed by atoms with E-state index in [-0.39, 0.29) is 0 Å². The van der Waals surface area contributed by atoms with E-state index in [1.165, 1.54) is 11.8 Å². The van der Waals surface area contributed by atoms with Gasteiger partial charge < -0.3 is 15.2 Å². The highest BCUT2D eigenvalue weighted by atomic mass is 32.2. The van der Waals surface area contributed by atoms with E-state index in [2.05, 4.69) is 5.32 Å². The van der Waals surface area contributed by atoms with Crippen molar-refractivity contribution in [3.8, 4) is 0 Å². The molecule has 0 amide bonds. The predicted molar refractivity (Wildman–Crippen MR) is 38.2 cm³/mol. The zero-order chi connectivity index (χ0) is 7.40. The molecule has 10 heavy (non-hydrogen) atoms. The molecule has 56 valence electrons. The third-order valence-corrected chi connectivity index (χ3v) is 2.19. The summed E-state index contributed by atoms with van der Waals surface area (Å²) in [7, 11) is 0. The van der Waals surface area contributed by atoms with Gasteiger partial charge in [-0.3, -0.25) is 0 Å². The van der Waals surface area contributed by atoms with Crippen molar-refractivity contribution in [2.24, 2.45) is 0 Å². The van der Waals surface area contributed by atoms with Gasteiger partial charge in [0.1, 0.15) is 0 Å². The topological polar surface area (TPSA) is 52.2 Å². The fraction of sp³-hybridized carbons (Fsp3) is 0.500. The number of aliphatic carboxylic acids is 1. The van der Waals surface area contributed by atoms with Gasteiger partial charge in [-0.2, -0.15) is 0 Å². The van der Waals surface area contributed by atoms with Gasteiger partial charge in [-0.05, 0) is 12.5 Å². The van der Waals surface area contributed by atoms with Crippen LogP contribution in [0, 0.1) is 0 Å². The molecule has 0 bridgehead atoms. The van der Waals surface area contributed by atoms with Crippen LogP contribution in [0.25, 0.3) is 0 Å². The molecule has 1 N–H and O–H groups in total. The Morgan fingerprint density at radius 2 is 2.60 bits per heavy atom. The Balaban J connectivity index is 2.45. The van der Waals surface area contributed by atoms with Gasteiger partial charge in [0.2, 0.25) is 0 Å². The quantitative estimate of drug-likeness (QED) is 0.513. The molecule has 0 aromatic heterocycles. The molecule has 4 heteroatoms. The lowest BCUT2D eigenvalue weighted by molar-refractivity contribution is -0.297. The number of carbonyl (C=O) groups excluding carboxylic acids is 1. The lowest BCUT2D eigenvalue weighted by Gasteiger charge is -2.15. The summed E-state index contributed by atoms with van der Waals surface area (Å²) in [5, 5.41) is 13.7. The molecular weight excluding hydrogens is 150 g/mol. The minimum atomic E-state index is -1.13. The van der Waals surface area contributed by atoms with Crippen molar-refractivity contribution >= 4 is 17.7 Å². The van der Waals surface area contributed by atoms with Gasteiger partial charge in [-0.25, -0.2) is 0 Å². The van der Waals surface area contributed by atoms with Crippen molar-refractivity contribution in [2.75, 3.05) is 12.3 Å². The van der Waals surface area contributed by atoms with Crippen LogP contribution in [-0.2, 0) is 4.79 Å². The number of carbonyl (C=O) groups is 1. The Morgan fingerprint density at radius 1 is 1.80 bits per heavy atom. The van der Waals surface area contributed by atoms with Gasteiger partial charge in [0.15, 0.2) is 0 Å². The first-order chi connectivity index (χ1) is 4.79. The van der Waals surface area contributed by atoms with Crippen LogP contribution in [-0.4, -0.2) is 18.3 Å². The number of hydrogen-bond acceptors (Lipinski definition) is 4. The maximum absolute atomic E-state index is 10.0. The van der Waals surface area contributed by atoms with Crippen molar-refractivity contribution < 1.29 is 9.90 Å². The highest BCUT2D eigenvalue weighted by molar-refractivity contribution is 8.03. The van der Waals surface area contributed by atoms with Crippen LogP contribution in [0.3, 0.4) is 0 Å². The summed E-state index contributed by atoms with van der Waals surface area (Å²) in [6.45, 7) is 0.867. The molecule has 1 rings (SSSR count). The number of rotatable bonds is 1. The first-order valence-corrected chi connectivity index (χ1v) is 4.07. The molecule has 3 nitrogen and oxygen atoms in total. The Bertz CT molecular complexity index is 159. The lowest BCUT2D eigenvalue weighted by Crippen LogP contribution is -2.24. The van der Waals surface area contributed by atoms with E-state index in [4.69, 9.17) is 0 Å². The average Bonchev–Trinajstić information content (AvgIpc) is 1.88. The second-order valence-corrected chi connectivity index (χ2v) is 3.09. The molecule has 1 fully saturated rings. The van der Waals surface area contributed by atoms with Gasteiger partial charge in [0, 0.05) is 12.3 Å². The van der Waals surface area contributed by atoms with Crippen molar-refractivity contribution in [1.29, 1.82) is 0 Å². The molecule has 0 atom stereocenters. The van der Waals surface area contributed by atoms with E-state index in [0.29, 0.717) is 5.03 Å². The molecule has 1 aliphatic heterocycles. The number of carboxylic acids is 1. The molecule has 0 aromatic carbocycles. The maximum Gasteiger partial charge on any atom is 0.0699 e. The minimum Gasteiger partial charge on any atom is -0.545 e. The molecular formula is C6H8NO2S-. The zero-order valence-corrected chi connectivity index (χ0v) is 6.24. The van der Waals surface area contributed by atoms with Gasteiger partial charge in [-0.1, -0.05) is 0 Å². The van der Waals surface area contributed by atoms with E-state index in [1.807, 2.05) is 0 Å². The van der Waals surface area contributed by atoms with Crippen molar-refractivity contribution in [3.63, 3.8) is 0 Å². The van der Waals surface area contributed by atoms with Crippen molar-refractivity contribution in [3.05, 3.63) is 11.1 Å². The predicted octanol–water partition coefficient (Wildman–Crippen LogP) is -0.696. The van der Waals surface area contributed by atoms with Crippen LogP contribution >= 0.6 is 11.8 Å². The lowest BCUT2D eigenvalue weighted by atomic mass is 10.5. The summed E-state index contributed by atoms with van der Waals surface area (Å²) in [6.07, 6.45) is 2.19. The van der Waals surface area contributed by atoms with E-state index < -0.39 is 5.97 Å². The number of thioether (sulfide) groups is 1. The number of hydrogen-bond donors (Lipinski definition) is 1. The van der Waals surface area contributed by atoms with Crippen LogP contribution in [0.2, 0.25) is 0 Å². The number of nitrogens with one attached hydrogen (secondary N) is 1. The van der Waals surface area contributed by atoms with Crippen LogP contribution in [0.5, 0.6) is 0 Å². The zero-order valence-electron chi connectivity index (χ0n) is 5.42. The minimum absolute atomic E-state index is 0.714. The van der Waals surface area contributed by atoms with Gasteiger partial charge in [0.25, 0.3) is 0 Å². The van der Waals surface area contributed by atoms with Gasteiger partial charge in [0.05, 0.1) is 11.0 Å². The standard InChI is InChI=1S/C6H9NO2S/c8-6(9)4-5-7-2-1-3-10-5/h4,7H,1-3H2,(H,8,9)/p-1/b5-4-. The first-order valence-electron chi connectivity index (χ1n) is 3.08. The SMILES string of the molecule is O=C([O-])/C=C1/NCCCS1. The van der Waals surface area contributed by atoms with E-state index in [0.717, 1.165) is 24.8 Å². The van der Waals surface area contributed by atoms with E-state index >= 15 is 0 Å². The maximum atomic E-state index is 10.0. The molecule has 0 radical (unpaired) electrons. The molecule has 0 saturated carbocycles. The summed E-state index contributed by atoms with van der Waals surface area (Å²) in [5.41, 5.74) is 0. The summed E-state index contributed by atoms with van der Waals surface area (Å²) in [6, 6.07) is 0. The molecule has 0 spiro atoms. The van der Waals surface area contributed by atoms with Crippen LogP contribution < -0.4 is 10.4 Å². The highest BCUT2D eigenvalue weighted by Gasteiger charge is 2.02. The summed E-state index contributed by atoms with van der Waals surface area (Å²) in [5.74, 6) is -0.136. The number of carboxylic acid groups (broad SMARTS) is 1. The monoisotopic (exact) mass is 158 g/mol. The summed E-state index contributed by atoms with van der Waals surface area (Å²) >= 11 is 1.52. The van der Waals surface area contributed by atoms with Crippen molar-refractivity contribution in [1.82, 2.24) is 5.32 Å². The molecule has 1 heterocycles. The summed E-state index contributed by atoms with van der Waals surface area (Å²) < 4.78 is 0. The van der Waals surface area contributed by atoms with Gasteiger partial charge >= 0.3 is 0 Å². The molecule has 0 aliphatic carbocycles. The largest absolute Gasteiger partial charge is 0.545 e. The average molecular weight is 158 g/mol. The van der Waals surface area contributed by atoms with E-state index in [9.17, 15) is 9.90 Å². The van der Waals surface area contributed by atoms with E-state index in [1.54, 1.807) is 0 Å². The second kappa shape index (κ2) is 3.51. The van der Waals surface area contributed by atoms with Crippen molar-refractivity contribution in [2.45, 2.75) is 6.42 Å². The molecule has 1 saturated heterocycles. The van der Waals surface area contributed by atoms with Crippen LogP contribution in [0.4, 0.5) is 0 Å². The molecule has 0 aromatic rings. The molecule has 0 unspecified atom stereocenters. The Labute approximate surface area is 63.5 Å². The fourth-order valence-electron chi connectivity index (χ4n) is 0.717. The smallest absolute Gasteiger partial charge is 0.0699 e. The normalized spacial score (nSPS) is 22.2. The Kier molecular flexibility index (Phi) is 2.62. The van der Waals surface area contributed by atoms with Crippen LogP contribution in [0.1, 0.15) is 6.42 Å². The summed E-state index contributed by atoms with van der Waals surface area (Å²) in [4.78, 5) is 10.0. The third-order valence-electron chi connectivity index (χ3n) is 1.13. The van der Waals surface area contributed by atoms with Crippen LogP contribution in [0.15, 0.2) is 11.1 Å². The Hall–Kier alpha value is -0.640. The highest BCUT2D eigenvalue weighted by Crippen LogP contribution is 2.16. The molecule has 1 aliphatic rings. The van der Waals surface area contributed by atoms with Gasteiger partial charge in [-0.15, -0.1) is 11.8 Å².